The van der Waals surface area contributed by atoms with E-state index in [9.17, 15) is 4.79 Å². The summed E-state index contributed by atoms with van der Waals surface area (Å²) in [4.78, 5) is 22.5. The molecule has 0 N–H and O–H groups in total. The van der Waals surface area contributed by atoms with E-state index in [1.165, 1.54) is 0 Å². The van der Waals surface area contributed by atoms with Gasteiger partial charge in [-0.2, -0.15) is 0 Å². The zero-order valence-electron chi connectivity index (χ0n) is 12.5. The van der Waals surface area contributed by atoms with E-state index in [0.717, 1.165) is 24.4 Å². The Hall–Kier alpha value is -1.49. The molecule has 0 aromatic carbocycles. The van der Waals surface area contributed by atoms with Crippen LogP contribution in [0.15, 0.2) is 12.4 Å². The van der Waals surface area contributed by atoms with Crippen molar-refractivity contribution in [2.24, 2.45) is 5.92 Å². The van der Waals surface area contributed by atoms with E-state index in [0.29, 0.717) is 31.4 Å². The fourth-order valence-electron chi connectivity index (χ4n) is 2.43. The molecule has 2 rings (SSSR count). The third-order valence-electron chi connectivity index (χ3n) is 3.72. The lowest BCUT2D eigenvalue weighted by Crippen LogP contribution is -2.29. The third-order valence-corrected chi connectivity index (χ3v) is 3.72. The maximum absolute atomic E-state index is 11.9. The van der Waals surface area contributed by atoms with Gasteiger partial charge in [0, 0.05) is 45.4 Å². The fraction of sp³-hybridized carbons (Fsp3) is 0.667. The molecule has 1 aromatic heterocycles. The fourth-order valence-corrected chi connectivity index (χ4v) is 2.43. The summed E-state index contributed by atoms with van der Waals surface area (Å²) in [6, 6.07) is 0. The molecule has 1 aliphatic rings. The Bertz CT molecular complexity index is 445. The van der Waals surface area contributed by atoms with Crippen molar-refractivity contribution in [3.63, 3.8) is 0 Å². The van der Waals surface area contributed by atoms with Crippen LogP contribution >= 0.6 is 0 Å². The highest BCUT2D eigenvalue weighted by Gasteiger charge is 2.29. The van der Waals surface area contributed by atoms with Gasteiger partial charge in [-0.15, -0.1) is 0 Å². The van der Waals surface area contributed by atoms with E-state index in [1.54, 1.807) is 7.11 Å². The Kier molecular flexibility index (Phi) is 5.06. The molecule has 0 saturated carbocycles. The Morgan fingerprint density at radius 1 is 1.40 bits per heavy atom. The van der Waals surface area contributed by atoms with Crippen molar-refractivity contribution >= 4 is 5.91 Å². The average molecular weight is 277 g/mol. The molecule has 0 radical (unpaired) electrons. The topological polar surface area (TPSA) is 55.3 Å². The van der Waals surface area contributed by atoms with E-state index in [2.05, 4.69) is 23.8 Å². The highest BCUT2D eigenvalue weighted by molar-refractivity contribution is 5.78. The number of likely N-dealkylation sites (tertiary alicyclic amines) is 1. The molecule has 1 saturated heterocycles. The molecule has 2 heterocycles. The van der Waals surface area contributed by atoms with E-state index in [1.807, 2.05) is 17.3 Å². The van der Waals surface area contributed by atoms with Gasteiger partial charge in [-0.3, -0.25) is 4.79 Å². The predicted octanol–water partition coefficient (Wildman–Crippen LogP) is 1.64. The highest BCUT2D eigenvalue weighted by atomic mass is 16.5. The molecule has 1 atom stereocenters. The van der Waals surface area contributed by atoms with Gasteiger partial charge in [0.05, 0.1) is 6.61 Å². The standard InChI is InChI=1S/C15H23N3O2/c1-11(2)13-8-16-14(17-9-13)6-12-7-15(19)18(10-12)4-5-20-3/h8-9,11-12H,4-7,10H2,1-3H3/t12-/m0/s1. The summed E-state index contributed by atoms with van der Waals surface area (Å²) in [7, 11) is 1.65. The zero-order chi connectivity index (χ0) is 14.5. The Balaban J connectivity index is 1.89. The zero-order valence-corrected chi connectivity index (χ0v) is 12.5. The van der Waals surface area contributed by atoms with Crippen LogP contribution in [0.25, 0.3) is 0 Å². The largest absolute Gasteiger partial charge is 0.383 e. The Labute approximate surface area is 120 Å². The summed E-state index contributed by atoms with van der Waals surface area (Å²) in [5, 5.41) is 0. The molecular weight excluding hydrogens is 254 g/mol. The number of hydrogen-bond acceptors (Lipinski definition) is 4. The van der Waals surface area contributed by atoms with Crippen LogP contribution in [0.5, 0.6) is 0 Å². The number of nitrogens with zero attached hydrogens (tertiary/aromatic N) is 3. The van der Waals surface area contributed by atoms with Gasteiger partial charge in [0.25, 0.3) is 0 Å². The van der Waals surface area contributed by atoms with E-state index < -0.39 is 0 Å². The van der Waals surface area contributed by atoms with Gasteiger partial charge in [0.2, 0.25) is 5.91 Å². The normalized spacial score (nSPS) is 19.1. The van der Waals surface area contributed by atoms with Gasteiger partial charge in [-0.05, 0) is 17.4 Å². The first-order valence-corrected chi connectivity index (χ1v) is 7.17. The van der Waals surface area contributed by atoms with Crippen molar-refractivity contribution in [1.82, 2.24) is 14.9 Å². The second-order valence-corrected chi connectivity index (χ2v) is 5.69. The van der Waals surface area contributed by atoms with E-state index >= 15 is 0 Å². The van der Waals surface area contributed by atoms with Gasteiger partial charge < -0.3 is 9.64 Å². The molecule has 1 amide bonds. The summed E-state index contributed by atoms with van der Waals surface area (Å²) in [5.74, 6) is 1.82. The smallest absolute Gasteiger partial charge is 0.223 e. The van der Waals surface area contributed by atoms with Crippen LogP contribution < -0.4 is 0 Å². The lowest BCUT2D eigenvalue weighted by Gasteiger charge is -2.15. The molecule has 1 fully saturated rings. The number of amides is 1. The van der Waals surface area contributed by atoms with Gasteiger partial charge in [0.15, 0.2) is 0 Å². The Morgan fingerprint density at radius 3 is 2.70 bits per heavy atom. The molecule has 0 unspecified atom stereocenters. The molecule has 110 valence electrons. The number of rotatable bonds is 6. The number of ether oxygens (including phenoxy) is 1. The molecule has 0 bridgehead atoms. The molecule has 5 nitrogen and oxygen atoms in total. The van der Waals surface area contributed by atoms with E-state index in [-0.39, 0.29) is 5.91 Å². The molecular formula is C15H23N3O2. The first-order chi connectivity index (χ1) is 9.60. The molecule has 1 aliphatic heterocycles. The quantitative estimate of drug-likeness (QED) is 0.793. The second-order valence-electron chi connectivity index (χ2n) is 5.69. The molecule has 0 aliphatic carbocycles. The third kappa shape index (κ3) is 3.76. The average Bonchev–Trinajstić information content (AvgIpc) is 2.77. The van der Waals surface area contributed by atoms with Gasteiger partial charge >= 0.3 is 0 Å². The summed E-state index contributed by atoms with van der Waals surface area (Å²) >= 11 is 0. The summed E-state index contributed by atoms with van der Waals surface area (Å²) in [5.41, 5.74) is 1.15. The van der Waals surface area contributed by atoms with Crippen LogP contribution in [0.1, 0.15) is 37.6 Å². The maximum atomic E-state index is 11.9. The van der Waals surface area contributed by atoms with Crippen LogP contribution in [0.4, 0.5) is 0 Å². The summed E-state index contributed by atoms with van der Waals surface area (Å²) in [6.45, 7) is 6.32. The summed E-state index contributed by atoms with van der Waals surface area (Å²) < 4.78 is 5.02. The number of carbonyl (C=O) groups excluding carboxylic acids is 1. The lowest BCUT2D eigenvalue weighted by atomic mass is 10.0. The number of carbonyl (C=O) groups is 1. The minimum Gasteiger partial charge on any atom is -0.383 e. The van der Waals surface area contributed by atoms with Crippen molar-refractivity contribution in [1.29, 1.82) is 0 Å². The number of aromatic nitrogens is 2. The van der Waals surface area contributed by atoms with Crippen LogP contribution in [-0.4, -0.2) is 47.6 Å². The monoisotopic (exact) mass is 277 g/mol. The minimum absolute atomic E-state index is 0.214. The number of methoxy groups -OCH3 is 1. The second kappa shape index (κ2) is 6.79. The van der Waals surface area contributed by atoms with Crippen molar-refractivity contribution in [3.05, 3.63) is 23.8 Å². The van der Waals surface area contributed by atoms with Crippen LogP contribution in [0.3, 0.4) is 0 Å². The predicted molar refractivity (Wildman–Crippen MR) is 76.4 cm³/mol. The van der Waals surface area contributed by atoms with Gasteiger partial charge in [-0.1, -0.05) is 13.8 Å². The Morgan fingerprint density at radius 2 is 2.10 bits per heavy atom. The van der Waals surface area contributed by atoms with Crippen LogP contribution in [0.2, 0.25) is 0 Å². The van der Waals surface area contributed by atoms with Crippen molar-refractivity contribution < 1.29 is 9.53 Å². The lowest BCUT2D eigenvalue weighted by molar-refractivity contribution is -0.128. The van der Waals surface area contributed by atoms with E-state index in [4.69, 9.17) is 4.74 Å². The van der Waals surface area contributed by atoms with Crippen molar-refractivity contribution in [3.8, 4) is 0 Å². The first kappa shape index (κ1) is 14.9. The van der Waals surface area contributed by atoms with Gasteiger partial charge in [0.1, 0.15) is 5.82 Å². The van der Waals surface area contributed by atoms with Crippen molar-refractivity contribution in [2.45, 2.75) is 32.6 Å². The summed E-state index contributed by atoms with van der Waals surface area (Å²) in [6.07, 6.45) is 5.16. The van der Waals surface area contributed by atoms with Gasteiger partial charge in [-0.25, -0.2) is 9.97 Å². The molecule has 5 heteroatoms. The molecule has 0 spiro atoms. The van der Waals surface area contributed by atoms with Crippen LogP contribution in [0, 0.1) is 5.92 Å². The number of hydrogen-bond donors (Lipinski definition) is 0. The van der Waals surface area contributed by atoms with Crippen LogP contribution in [-0.2, 0) is 16.0 Å². The minimum atomic E-state index is 0.214. The van der Waals surface area contributed by atoms with Crippen molar-refractivity contribution in [2.75, 3.05) is 26.8 Å². The first-order valence-electron chi connectivity index (χ1n) is 7.17. The SMILES string of the molecule is COCCN1C[C@@H](Cc2ncc(C(C)C)cn2)CC1=O. The highest BCUT2D eigenvalue weighted by Crippen LogP contribution is 2.21. The molecule has 1 aromatic rings. The maximum Gasteiger partial charge on any atom is 0.223 e. The molecule has 20 heavy (non-hydrogen) atoms.